The van der Waals surface area contributed by atoms with Crippen molar-refractivity contribution in [3.63, 3.8) is 0 Å². The molecule has 5 nitrogen and oxygen atoms in total. The molecule has 1 N–H and O–H groups in total. The number of nitrogens with zero attached hydrogens (tertiary/aromatic N) is 2. The fraction of sp³-hybridized carbons (Fsp3) is 0.417. The third-order valence-corrected chi connectivity index (χ3v) is 5.05. The van der Waals surface area contributed by atoms with Crippen LogP contribution in [0, 0.1) is 19.7 Å². The van der Waals surface area contributed by atoms with Gasteiger partial charge in [-0.1, -0.05) is 19.4 Å². The predicted molar refractivity (Wildman–Crippen MR) is 117 cm³/mol. The zero-order valence-corrected chi connectivity index (χ0v) is 18.0. The van der Waals surface area contributed by atoms with Crippen LogP contribution in [-0.4, -0.2) is 35.1 Å². The lowest BCUT2D eigenvalue weighted by molar-refractivity contribution is -0.120. The number of rotatable bonds is 10. The van der Waals surface area contributed by atoms with E-state index >= 15 is 0 Å². The van der Waals surface area contributed by atoms with Gasteiger partial charge in [0.25, 0.3) is 0 Å². The van der Waals surface area contributed by atoms with E-state index in [0.29, 0.717) is 24.4 Å². The Balaban J connectivity index is 1.75. The Hall–Kier alpha value is -2.73. The quantitative estimate of drug-likeness (QED) is 0.495. The Morgan fingerprint density at radius 1 is 1.17 bits per heavy atom. The van der Waals surface area contributed by atoms with E-state index in [1.54, 1.807) is 19.1 Å². The van der Waals surface area contributed by atoms with Crippen LogP contribution >= 0.6 is 0 Å². The first-order valence-corrected chi connectivity index (χ1v) is 10.6. The Labute approximate surface area is 177 Å². The highest BCUT2D eigenvalue weighted by molar-refractivity contribution is 5.81. The van der Waals surface area contributed by atoms with Crippen LogP contribution in [0.5, 0.6) is 0 Å². The number of carbonyl (C=O) groups excluding carboxylic acids is 1. The second-order valence-corrected chi connectivity index (χ2v) is 7.65. The topological polar surface area (TPSA) is 55.6 Å². The van der Waals surface area contributed by atoms with Gasteiger partial charge in [0.15, 0.2) is 0 Å². The van der Waals surface area contributed by atoms with Crippen molar-refractivity contribution in [3.8, 4) is 11.3 Å². The van der Waals surface area contributed by atoms with Gasteiger partial charge in [-0.15, -0.1) is 0 Å². The SMILES string of the molecule is CCCCOCCCNC(=O)Cc1c(-c2ccc(F)c(C)c2)nc2ccc(C)cn12. The minimum absolute atomic E-state index is 0.0630. The summed E-state index contributed by atoms with van der Waals surface area (Å²) in [6.07, 6.45) is 5.14. The number of imidazole rings is 1. The highest BCUT2D eigenvalue weighted by Crippen LogP contribution is 2.27. The average molecular weight is 412 g/mol. The van der Waals surface area contributed by atoms with E-state index in [1.807, 2.05) is 29.7 Å². The normalized spacial score (nSPS) is 11.2. The molecule has 0 aliphatic heterocycles. The molecule has 3 aromatic rings. The predicted octanol–water partition coefficient (Wildman–Crippen LogP) is 4.62. The van der Waals surface area contributed by atoms with Crippen molar-refractivity contribution in [2.24, 2.45) is 0 Å². The molecule has 0 saturated carbocycles. The van der Waals surface area contributed by atoms with Crippen molar-refractivity contribution in [2.45, 2.75) is 46.5 Å². The van der Waals surface area contributed by atoms with Gasteiger partial charge in [-0.3, -0.25) is 4.79 Å². The van der Waals surface area contributed by atoms with Crippen LogP contribution in [0.25, 0.3) is 16.9 Å². The van der Waals surface area contributed by atoms with Gasteiger partial charge in [0.05, 0.1) is 17.8 Å². The van der Waals surface area contributed by atoms with Crippen LogP contribution < -0.4 is 5.32 Å². The summed E-state index contributed by atoms with van der Waals surface area (Å²) in [6, 6.07) is 8.86. The third-order valence-electron chi connectivity index (χ3n) is 5.05. The molecule has 0 atom stereocenters. The monoisotopic (exact) mass is 411 g/mol. The summed E-state index contributed by atoms with van der Waals surface area (Å²) in [5.41, 5.74) is 4.72. The summed E-state index contributed by atoms with van der Waals surface area (Å²) in [5, 5.41) is 2.97. The Kier molecular flexibility index (Phi) is 7.57. The Morgan fingerprint density at radius 2 is 1.97 bits per heavy atom. The van der Waals surface area contributed by atoms with E-state index in [9.17, 15) is 9.18 Å². The minimum Gasteiger partial charge on any atom is -0.381 e. The number of fused-ring (bicyclic) bond motifs is 1. The third kappa shape index (κ3) is 5.45. The molecular weight excluding hydrogens is 381 g/mol. The number of carbonyl (C=O) groups is 1. The number of unbranched alkanes of at least 4 members (excludes halogenated alkanes) is 1. The largest absolute Gasteiger partial charge is 0.381 e. The van der Waals surface area contributed by atoms with Crippen molar-refractivity contribution in [3.05, 3.63) is 59.2 Å². The summed E-state index contributed by atoms with van der Waals surface area (Å²) in [5.74, 6) is -0.314. The zero-order chi connectivity index (χ0) is 21.5. The van der Waals surface area contributed by atoms with E-state index in [1.165, 1.54) is 6.07 Å². The highest BCUT2D eigenvalue weighted by atomic mass is 19.1. The lowest BCUT2D eigenvalue weighted by Gasteiger charge is -2.09. The van der Waals surface area contributed by atoms with Crippen LogP contribution in [0.4, 0.5) is 4.39 Å². The molecule has 0 fully saturated rings. The number of halogens is 1. The number of ether oxygens (including phenoxy) is 1. The number of amides is 1. The highest BCUT2D eigenvalue weighted by Gasteiger charge is 2.18. The number of nitrogens with one attached hydrogen (secondary N) is 1. The van der Waals surface area contributed by atoms with Crippen molar-refractivity contribution < 1.29 is 13.9 Å². The Bertz CT molecular complexity index is 1010. The molecule has 160 valence electrons. The fourth-order valence-electron chi connectivity index (χ4n) is 3.36. The average Bonchev–Trinajstić information content (AvgIpc) is 3.07. The smallest absolute Gasteiger partial charge is 0.226 e. The van der Waals surface area contributed by atoms with E-state index < -0.39 is 0 Å². The first kappa shape index (κ1) is 22.0. The molecule has 6 heteroatoms. The van der Waals surface area contributed by atoms with Crippen molar-refractivity contribution in [1.82, 2.24) is 14.7 Å². The molecule has 0 aliphatic carbocycles. The molecule has 0 unspecified atom stereocenters. The molecule has 0 aliphatic rings. The maximum atomic E-state index is 13.8. The molecule has 0 radical (unpaired) electrons. The van der Waals surface area contributed by atoms with Gasteiger partial charge in [-0.2, -0.15) is 0 Å². The molecule has 1 amide bonds. The summed E-state index contributed by atoms with van der Waals surface area (Å²) in [7, 11) is 0. The maximum Gasteiger partial charge on any atom is 0.226 e. The summed E-state index contributed by atoms with van der Waals surface area (Å²) in [6.45, 7) is 7.86. The molecule has 0 bridgehead atoms. The number of benzene rings is 1. The van der Waals surface area contributed by atoms with Crippen LogP contribution in [0.2, 0.25) is 0 Å². The summed E-state index contributed by atoms with van der Waals surface area (Å²) in [4.78, 5) is 17.4. The molecule has 2 heterocycles. The van der Waals surface area contributed by atoms with Crippen molar-refractivity contribution >= 4 is 11.6 Å². The second-order valence-electron chi connectivity index (χ2n) is 7.65. The fourth-order valence-corrected chi connectivity index (χ4v) is 3.36. The van der Waals surface area contributed by atoms with Gasteiger partial charge in [0.1, 0.15) is 11.5 Å². The number of hydrogen-bond acceptors (Lipinski definition) is 3. The molecule has 30 heavy (non-hydrogen) atoms. The van der Waals surface area contributed by atoms with Crippen molar-refractivity contribution in [2.75, 3.05) is 19.8 Å². The number of pyridine rings is 1. The number of aryl methyl sites for hydroxylation is 2. The molecule has 2 aromatic heterocycles. The first-order chi connectivity index (χ1) is 14.5. The van der Waals surface area contributed by atoms with Gasteiger partial charge in [0.2, 0.25) is 5.91 Å². The lowest BCUT2D eigenvalue weighted by Crippen LogP contribution is -2.27. The van der Waals surface area contributed by atoms with Crippen LogP contribution in [0.3, 0.4) is 0 Å². The molecule has 0 saturated heterocycles. The number of aromatic nitrogens is 2. The molecular formula is C24H30FN3O2. The maximum absolute atomic E-state index is 13.8. The van der Waals surface area contributed by atoms with E-state index in [-0.39, 0.29) is 18.1 Å². The molecule has 0 spiro atoms. The summed E-state index contributed by atoms with van der Waals surface area (Å²) < 4.78 is 21.2. The minimum atomic E-state index is -0.251. The standard InChI is InChI=1S/C24H30FN3O2/c1-4-5-12-30-13-6-11-26-23(29)15-21-24(19-8-9-20(25)18(3)14-19)27-22-10-7-17(2)16-28(21)22/h7-10,14,16H,4-6,11-13,15H2,1-3H3,(H,26,29). The second kappa shape index (κ2) is 10.3. The van der Waals surface area contributed by atoms with Gasteiger partial charge in [0, 0.05) is 31.5 Å². The van der Waals surface area contributed by atoms with Crippen molar-refractivity contribution in [1.29, 1.82) is 0 Å². The Morgan fingerprint density at radius 3 is 2.73 bits per heavy atom. The summed E-state index contributed by atoms with van der Waals surface area (Å²) >= 11 is 0. The zero-order valence-electron chi connectivity index (χ0n) is 18.0. The van der Waals surface area contributed by atoms with Gasteiger partial charge >= 0.3 is 0 Å². The number of hydrogen-bond donors (Lipinski definition) is 1. The molecule has 1 aromatic carbocycles. The van der Waals surface area contributed by atoms with E-state index in [0.717, 1.165) is 48.3 Å². The van der Waals surface area contributed by atoms with E-state index in [4.69, 9.17) is 9.72 Å². The lowest BCUT2D eigenvalue weighted by atomic mass is 10.1. The van der Waals surface area contributed by atoms with Crippen LogP contribution in [0.1, 0.15) is 43.0 Å². The van der Waals surface area contributed by atoms with E-state index in [2.05, 4.69) is 12.2 Å². The van der Waals surface area contributed by atoms with Gasteiger partial charge in [-0.25, -0.2) is 9.37 Å². The molecule has 3 rings (SSSR count). The van der Waals surface area contributed by atoms with Gasteiger partial charge < -0.3 is 14.5 Å². The first-order valence-electron chi connectivity index (χ1n) is 10.6. The van der Waals surface area contributed by atoms with Gasteiger partial charge in [-0.05, 0) is 62.1 Å². The van der Waals surface area contributed by atoms with Crippen LogP contribution in [-0.2, 0) is 16.0 Å². The van der Waals surface area contributed by atoms with Crippen LogP contribution in [0.15, 0.2) is 36.5 Å².